The van der Waals surface area contributed by atoms with E-state index in [4.69, 9.17) is 0 Å². The van der Waals surface area contributed by atoms with Gasteiger partial charge in [-0.3, -0.25) is 4.98 Å². The molecule has 1 aromatic rings. The summed E-state index contributed by atoms with van der Waals surface area (Å²) in [7, 11) is 0. The molecule has 14 heavy (non-hydrogen) atoms. The van der Waals surface area contributed by atoms with E-state index in [1.165, 1.54) is 12.0 Å². The van der Waals surface area contributed by atoms with Crippen molar-refractivity contribution in [3.63, 3.8) is 0 Å². The average Bonchev–Trinajstić information content (AvgIpc) is 2.26. The predicted octanol–water partition coefficient (Wildman–Crippen LogP) is 2.61. The van der Waals surface area contributed by atoms with E-state index in [9.17, 15) is 0 Å². The minimum absolute atomic E-state index is 0.570. The fraction of sp³-hybridized carbons (Fsp3) is 0.583. The van der Waals surface area contributed by atoms with E-state index in [-0.39, 0.29) is 0 Å². The molecule has 0 saturated carbocycles. The number of rotatable bonds is 5. The molecular formula is C12H20N2. The molecule has 1 N–H and O–H groups in total. The van der Waals surface area contributed by atoms with Gasteiger partial charge in [-0.1, -0.05) is 26.3 Å². The van der Waals surface area contributed by atoms with Crippen molar-refractivity contribution in [2.75, 3.05) is 0 Å². The summed E-state index contributed by atoms with van der Waals surface area (Å²) in [6.07, 6.45) is 4.94. The fourth-order valence-corrected chi connectivity index (χ4v) is 1.34. The minimum Gasteiger partial charge on any atom is -0.310 e. The minimum atomic E-state index is 0.570. The molecule has 0 radical (unpaired) electrons. The van der Waals surface area contributed by atoms with Crippen molar-refractivity contribution in [2.45, 2.75) is 39.8 Å². The van der Waals surface area contributed by atoms with Crippen LogP contribution in [0.1, 0.15) is 32.8 Å². The maximum atomic E-state index is 4.09. The Labute approximate surface area is 86.8 Å². The van der Waals surface area contributed by atoms with Gasteiger partial charge in [0.2, 0.25) is 0 Å². The van der Waals surface area contributed by atoms with Crippen molar-refractivity contribution in [1.29, 1.82) is 0 Å². The van der Waals surface area contributed by atoms with Crippen molar-refractivity contribution in [3.05, 3.63) is 30.1 Å². The zero-order valence-electron chi connectivity index (χ0n) is 9.33. The standard InChI is InChI=1S/C12H20N2/c1-4-10(2)11(3)14-9-12-6-5-7-13-8-12/h5-8,10-11,14H,4,9H2,1-3H3/t10-,11-/m0/s1. The van der Waals surface area contributed by atoms with E-state index in [0.29, 0.717) is 6.04 Å². The van der Waals surface area contributed by atoms with E-state index in [1.54, 1.807) is 0 Å². The maximum absolute atomic E-state index is 4.09. The number of aromatic nitrogens is 1. The molecule has 0 spiro atoms. The molecule has 0 saturated heterocycles. The van der Waals surface area contributed by atoms with Gasteiger partial charge in [-0.25, -0.2) is 0 Å². The molecule has 1 rings (SSSR count). The first kappa shape index (κ1) is 11.2. The first-order valence-electron chi connectivity index (χ1n) is 5.36. The van der Waals surface area contributed by atoms with Gasteiger partial charge in [-0.2, -0.15) is 0 Å². The quantitative estimate of drug-likeness (QED) is 0.775. The summed E-state index contributed by atoms with van der Waals surface area (Å²) in [6.45, 7) is 7.66. The van der Waals surface area contributed by atoms with E-state index in [2.05, 4.69) is 37.1 Å². The number of hydrogen-bond donors (Lipinski definition) is 1. The molecule has 0 aliphatic rings. The highest BCUT2D eigenvalue weighted by atomic mass is 14.9. The first-order chi connectivity index (χ1) is 6.74. The summed E-state index contributed by atoms with van der Waals surface area (Å²) in [5.41, 5.74) is 1.25. The lowest BCUT2D eigenvalue weighted by atomic mass is 10.0. The highest BCUT2D eigenvalue weighted by molar-refractivity contribution is 5.07. The van der Waals surface area contributed by atoms with Gasteiger partial charge in [-0.05, 0) is 24.5 Å². The number of hydrogen-bond acceptors (Lipinski definition) is 2. The largest absolute Gasteiger partial charge is 0.310 e. The van der Waals surface area contributed by atoms with Gasteiger partial charge in [0, 0.05) is 25.0 Å². The summed E-state index contributed by atoms with van der Waals surface area (Å²) < 4.78 is 0. The summed E-state index contributed by atoms with van der Waals surface area (Å²) in [4.78, 5) is 4.09. The Morgan fingerprint density at radius 2 is 2.21 bits per heavy atom. The van der Waals surface area contributed by atoms with E-state index < -0.39 is 0 Å². The first-order valence-corrected chi connectivity index (χ1v) is 5.36. The molecule has 0 bridgehead atoms. The van der Waals surface area contributed by atoms with Crippen LogP contribution < -0.4 is 5.32 Å². The molecule has 0 fully saturated rings. The van der Waals surface area contributed by atoms with Gasteiger partial charge >= 0.3 is 0 Å². The van der Waals surface area contributed by atoms with Gasteiger partial charge in [0.25, 0.3) is 0 Å². The van der Waals surface area contributed by atoms with Crippen LogP contribution in [0.25, 0.3) is 0 Å². The van der Waals surface area contributed by atoms with Crippen molar-refractivity contribution in [3.8, 4) is 0 Å². The Morgan fingerprint density at radius 3 is 2.79 bits per heavy atom. The smallest absolute Gasteiger partial charge is 0.0312 e. The van der Waals surface area contributed by atoms with Crippen LogP contribution >= 0.6 is 0 Å². The van der Waals surface area contributed by atoms with Crippen LogP contribution in [0.15, 0.2) is 24.5 Å². The SMILES string of the molecule is CC[C@H](C)[C@H](C)NCc1cccnc1. The zero-order chi connectivity index (χ0) is 10.4. The normalized spacial score (nSPS) is 15.1. The predicted molar refractivity (Wildman–Crippen MR) is 60.0 cm³/mol. The van der Waals surface area contributed by atoms with Crippen LogP contribution in [0.5, 0.6) is 0 Å². The van der Waals surface area contributed by atoms with Crippen LogP contribution in [-0.4, -0.2) is 11.0 Å². The van der Waals surface area contributed by atoms with E-state index in [1.807, 2.05) is 18.5 Å². The molecule has 1 aromatic heterocycles. The second-order valence-electron chi connectivity index (χ2n) is 3.92. The number of nitrogens with zero attached hydrogens (tertiary/aromatic N) is 1. The topological polar surface area (TPSA) is 24.9 Å². The number of pyridine rings is 1. The average molecular weight is 192 g/mol. The molecule has 0 aliphatic heterocycles. The highest BCUT2D eigenvalue weighted by Crippen LogP contribution is 2.07. The van der Waals surface area contributed by atoms with Crippen molar-refractivity contribution >= 4 is 0 Å². The Kier molecular flexibility index (Phi) is 4.60. The van der Waals surface area contributed by atoms with Crippen LogP contribution in [0.2, 0.25) is 0 Å². The Balaban J connectivity index is 2.34. The van der Waals surface area contributed by atoms with Crippen LogP contribution in [0.4, 0.5) is 0 Å². The highest BCUT2D eigenvalue weighted by Gasteiger charge is 2.08. The molecule has 2 nitrogen and oxygen atoms in total. The summed E-state index contributed by atoms with van der Waals surface area (Å²) in [5.74, 6) is 0.728. The lowest BCUT2D eigenvalue weighted by Crippen LogP contribution is -2.31. The molecular weight excluding hydrogens is 172 g/mol. The van der Waals surface area contributed by atoms with Crippen molar-refractivity contribution in [1.82, 2.24) is 10.3 Å². The Bertz CT molecular complexity index is 246. The van der Waals surface area contributed by atoms with Gasteiger partial charge in [0.15, 0.2) is 0 Å². The molecule has 2 atom stereocenters. The van der Waals surface area contributed by atoms with Gasteiger partial charge < -0.3 is 5.32 Å². The van der Waals surface area contributed by atoms with E-state index in [0.717, 1.165) is 12.5 Å². The van der Waals surface area contributed by atoms with Gasteiger partial charge in [0.1, 0.15) is 0 Å². The van der Waals surface area contributed by atoms with Crippen LogP contribution in [0, 0.1) is 5.92 Å². The fourth-order valence-electron chi connectivity index (χ4n) is 1.34. The van der Waals surface area contributed by atoms with Crippen LogP contribution in [0.3, 0.4) is 0 Å². The third kappa shape index (κ3) is 3.46. The summed E-state index contributed by atoms with van der Waals surface area (Å²) in [5, 5.41) is 3.51. The second kappa shape index (κ2) is 5.76. The van der Waals surface area contributed by atoms with Crippen molar-refractivity contribution in [2.24, 2.45) is 5.92 Å². The molecule has 0 aromatic carbocycles. The molecule has 78 valence electrons. The summed E-state index contributed by atoms with van der Waals surface area (Å²) >= 11 is 0. The lowest BCUT2D eigenvalue weighted by Gasteiger charge is -2.19. The Morgan fingerprint density at radius 1 is 1.43 bits per heavy atom. The molecule has 0 aliphatic carbocycles. The van der Waals surface area contributed by atoms with Crippen molar-refractivity contribution < 1.29 is 0 Å². The van der Waals surface area contributed by atoms with Crippen LogP contribution in [-0.2, 0) is 6.54 Å². The third-order valence-corrected chi connectivity index (χ3v) is 2.85. The van der Waals surface area contributed by atoms with Gasteiger partial charge in [0.05, 0.1) is 0 Å². The van der Waals surface area contributed by atoms with Gasteiger partial charge in [-0.15, -0.1) is 0 Å². The number of nitrogens with one attached hydrogen (secondary N) is 1. The molecule has 0 unspecified atom stereocenters. The zero-order valence-corrected chi connectivity index (χ0v) is 9.33. The molecule has 1 heterocycles. The maximum Gasteiger partial charge on any atom is 0.0312 e. The second-order valence-corrected chi connectivity index (χ2v) is 3.92. The lowest BCUT2D eigenvalue weighted by molar-refractivity contribution is 0.389. The monoisotopic (exact) mass is 192 g/mol. The third-order valence-electron chi connectivity index (χ3n) is 2.85. The molecule has 2 heteroatoms. The summed E-state index contributed by atoms with van der Waals surface area (Å²) in [6, 6.07) is 4.65. The Hall–Kier alpha value is -0.890. The van der Waals surface area contributed by atoms with E-state index >= 15 is 0 Å². The molecule has 0 amide bonds.